The maximum absolute atomic E-state index is 12.7. The van der Waals surface area contributed by atoms with Crippen LogP contribution >= 0.6 is 34.5 Å². The Balaban J connectivity index is 1.73. The Morgan fingerprint density at radius 2 is 2.13 bits per heavy atom. The predicted molar refractivity (Wildman–Crippen MR) is 93.8 cm³/mol. The normalized spacial score (nSPS) is 22.8. The molecule has 2 aromatic rings. The van der Waals surface area contributed by atoms with Crippen molar-refractivity contribution in [1.29, 1.82) is 0 Å². The Hall–Kier alpha value is -1.27. The molecule has 0 radical (unpaired) electrons. The Labute approximate surface area is 148 Å². The van der Waals surface area contributed by atoms with Crippen LogP contribution < -0.4 is 15.5 Å². The lowest BCUT2D eigenvalue weighted by atomic mass is 10.0. The number of nitrogens with one attached hydrogen (secondary N) is 3. The second-order valence-electron chi connectivity index (χ2n) is 6.04. The lowest BCUT2D eigenvalue weighted by molar-refractivity contribution is -0.895. The summed E-state index contributed by atoms with van der Waals surface area (Å²) in [6.07, 6.45) is 0.594. The average molecular weight is 369 g/mol. The number of fused-ring (bicyclic) bond motifs is 3. The first-order valence-corrected chi connectivity index (χ1v) is 9.09. The van der Waals surface area contributed by atoms with Crippen molar-refractivity contribution in [2.75, 3.05) is 18.9 Å². The van der Waals surface area contributed by atoms with E-state index in [1.807, 2.05) is 12.1 Å². The van der Waals surface area contributed by atoms with Crippen molar-refractivity contribution in [1.82, 2.24) is 5.32 Å². The van der Waals surface area contributed by atoms with Gasteiger partial charge in [0.25, 0.3) is 5.91 Å². The number of hydrogen-bond acceptors (Lipinski definition) is 3. The standard InChI is InChI=1S/C16H15Cl2N3OS/c1-21-6-5-8-11(7-21)23-16-12(8)15(22)19-14(20-16)9-3-2-4-10(17)13(9)18/h2-4,14,20H,5-7H2,1H3,(H,19,22)/p+1/t14-/m1/s1. The van der Waals surface area contributed by atoms with E-state index in [0.717, 1.165) is 35.6 Å². The van der Waals surface area contributed by atoms with Crippen LogP contribution in [-0.4, -0.2) is 19.5 Å². The van der Waals surface area contributed by atoms with Crippen molar-refractivity contribution < 1.29 is 9.69 Å². The third-order valence-corrected chi connectivity index (χ3v) is 6.42. The lowest BCUT2D eigenvalue weighted by Crippen LogP contribution is -3.08. The molecule has 120 valence electrons. The first kappa shape index (κ1) is 15.3. The number of hydrogen-bond donors (Lipinski definition) is 3. The molecule has 7 heteroatoms. The largest absolute Gasteiger partial charge is 0.353 e. The fraction of sp³-hybridized carbons (Fsp3) is 0.312. The van der Waals surface area contributed by atoms with E-state index in [0.29, 0.717) is 10.0 Å². The molecule has 0 fully saturated rings. The van der Waals surface area contributed by atoms with Crippen LogP contribution in [0.5, 0.6) is 0 Å². The van der Waals surface area contributed by atoms with Gasteiger partial charge in [-0.25, -0.2) is 0 Å². The van der Waals surface area contributed by atoms with Gasteiger partial charge in [0.15, 0.2) is 0 Å². The molecule has 2 aliphatic rings. The van der Waals surface area contributed by atoms with E-state index in [1.165, 1.54) is 15.3 Å². The van der Waals surface area contributed by atoms with Crippen molar-refractivity contribution in [2.24, 2.45) is 0 Å². The molecule has 3 heterocycles. The Morgan fingerprint density at radius 1 is 1.30 bits per heavy atom. The van der Waals surface area contributed by atoms with Crippen molar-refractivity contribution in [3.05, 3.63) is 49.8 Å². The van der Waals surface area contributed by atoms with Crippen LogP contribution in [0.1, 0.15) is 32.5 Å². The zero-order valence-corrected chi connectivity index (χ0v) is 14.8. The van der Waals surface area contributed by atoms with Crippen molar-refractivity contribution >= 4 is 45.4 Å². The maximum atomic E-state index is 12.7. The number of likely N-dealkylation sites (N-methyl/N-ethyl adjacent to an activating group) is 1. The van der Waals surface area contributed by atoms with E-state index in [2.05, 4.69) is 17.7 Å². The van der Waals surface area contributed by atoms with Crippen molar-refractivity contribution in [3.8, 4) is 0 Å². The Morgan fingerprint density at radius 3 is 2.96 bits per heavy atom. The summed E-state index contributed by atoms with van der Waals surface area (Å²) < 4.78 is 0. The summed E-state index contributed by atoms with van der Waals surface area (Å²) in [6, 6.07) is 5.46. The molecule has 4 nitrogen and oxygen atoms in total. The van der Waals surface area contributed by atoms with Crippen LogP contribution in [0.25, 0.3) is 0 Å². The van der Waals surface area contributed by atoms with E-state index >= 15 is 0 Å². The third-order valence-electron chi connectivity index (χ3n) is 4.43. The number of carbonyl (C=O) groups excluding carboxylic acids is 1. The summed E-state index contributed by atoms with van der Waals surface area (Å²) in [6.45, 7) is 2.04. The molecular weight excluding hydrogens is 353 g/mol. The van der Waals surface area contributed by atoms with E-state index in [4.69, 9.17) is 23.2 Å². The highest BCUT2D eigenvalue weighted by atomic mass is 35.5. The average Bonchev–Trinajstić information content (AvgIpc) is 2.87. The van der Waals surface area contributed by atoms with Crippen molar-refractivity contribution in [3.63, 3.8) is 0 Å². The number of anilines is 1. The quantitative estimate of drug-likeness (QED) is 0.723. The summed E-state index contributed by atoms with van der Waals surface area (Å²) >= 11 is 14.1. The van der Waals surface area contributed by atoms with Gasteiger partial charge < -0.3 is 15.5 Å². The highest BCUT2D eigenvalue weighted by Gasteiger charge is 2.34. The summed E-state index contributed by atoms with van der Waals surface area (Å²) in [5.41, 5.74) is 2.80. The van der Waals surface area contributed by atoms with Gasteiger partial charge in [0.05, 0.1) is 34.1 Å². The van der Waals surface area contributed by atoms with Gasteiger partial charge in [0.2, 0.25) is 0 Å². The van der Waals surface area contributed by atoms with Gasteiger partial charge in [-0.3, -0.25) is 4.79 Å². The maximum Gasteiger partial charge on any atom is 0.256 e. The number of rotatable bonds is 1. The molecule has 4 rings (SSSR count). The molecule has 0 saturated heterocycles. The van der Waals surface area contributed by atoms with Gasteiger partial charge in [0.1, 0.15) is 17.7 Å². The second kappa shape index (κ2) is 5.67. The molecule has 1 aromatic heterocycles. The first-order valence-electron chi connectivity index (χ1n) is 7.51. The fourth-order valence-electron chi connectivity index (χ4n) is 3.23. The fourth-order valence-corrected chi connectivity index (χ4v) is 5.04. The van der Waals surface area contributed by atoms with Crippen LogP contribution in [0.3, 0.4) is 0 Å². The third kappa shape index (κ3) is 2.52. The van der Waals surface area contributed by atoms with Gasteiger partial charge in [-0.1, -0.05) is 35.3 Å². The van der Waals surface area contributed by atoms with E-state index in [-0.39, 0.29) is 12.1 Å². The summed E-state index contributed by atoms with van der Waals surface area (Å²) in [7, 11) is 2.18. The van der Waals surface area contributed by atoms with E-state index in [1.54, 1.807) is 17.4 Å². The monoisotopic (exact) mass is 368 g/mol. The van der Waals surface area contributed by atoms with Crippen LogP contribution in [0.2, 0.25) is 10.0 Å². The zero-order valence-electron chi connectivity index (χ0n) is 12.5. The Bertz CT molecular complexity index is 805. The molecule has 1 unspecified atom stereocenters. The topological polar surface area (TPSA) is 45.6 Å². The van der Waals surface area contributed by atoms with Crippen molar-refractivity contribution in [2.45, 2.75) is 19.1 Å². The molecular formula is C16H16Cl2N3OS+. The second-order valence-corrected chi connectivity index (χ2v) is 7.93. The molecule has 0 bridgehead atoms. The van der Waals surface area contributed by atoms with Crippen LogP contribution in [0.15, 0.2) is 18.2 Å². The van der Waals surface area contributed by atoms with Crippen LogP contribution in [0, 0.1) is 0 Å². The van der Waals surface area contributed by atoms with E-state index in [9.17, 15) is 4.79 Å². The minimum Gasteiger partial charge on any atom is -0.353 e. The predicted octanol–water partition coefficient (Wildman–Crippen LogP) is 2.48. The Kier molecular flexibility index (Phi) is 3.76. The minimum absolute atomic E-state index is 0.0307. The minimum atomic E-state index is -0.355. The molecule has 2 atom stereocenters. The molecule has 0 aliphatic carbocycles. The molecule has 1 aromatic carbocycles. The number of carbonyl (C=O) groups is 1. The lowest BCUT2D eigenvalue weighted by Gasteiger charge is -2.27. The molecule has 2 aliphatic heterocycles. The van der Waals surface area contributed by atoms with Gasteiger partial charge in [0, 0.05) is 12.0 Å². The summed E-state index contributed by atoms with van der Waals surface area (Å²) in [5, 5.41) is 8.33. The highest BCUT2D eigenvalue weighted by Crippen LogP contribution is 2.40. The number of benzene rings is 1. The smallest absolute Gasteiger partial charge is 0.256 e. The molecule has 0 saturated carbocycles. The molecule has 1 amide bonds. The SMILES string of the molecule is C[NH+]1CCc2c(sc3c2C(=O)N[C@@H](c2cccc(Cl)c2Cl)N3)C1. The highest BCUT2D eigenvalue weighted by molar-refractivity contribution is 7.16. The van der Waals surface area contributed by atoms with Gasteiger partial charge >= 0.3 is 0 Å². The summed E-state index contributed by atoms with van der Waals surface area (Å²) in [5.74, 6) is -0.0307. The number of quaternary nitrogens is 1. The first-order chi connectivity index (χ1) is 11.0. The van der Waals surface area contributed by atoms with Gasteiger partial charge in [-0.15, -0.1) is 11.3 Å². The molecule has 3 N–H and O–H groups in total. The molecule has 23 heavy (non-hydrogen) atoms. The summed E-state index contributed by atoms with van der Waals surface area (Å²) in [4.78, 5) is 15.4. The van der Waals surface area contributed by atoms with Gasteiger partial charge in [-0.05, 0) is 11.6 Å². The zero-order chi connectivity index (χ0) is 16.1. The van der Waals surface area contributed by atoms with Crippen LogP contribution in [0.4, 0.5) is 5.00 Å². The molecule has 0 spiro atoms. The number of thiophene rings is 1. The van der Waals surface area contributed by atoms with Crippen LogP contribution in [-0.2, 0) is 13.0 Å². The van der Waals surface area contributed by atoms with E-state index < -0.39 is 0 Å². The number of amides is 1. The number of halogens is 2. The van der Waals surface area contributed by atoms with Gasteiger partial charge in [-0.2, -0.15) is 0 Å².